The molecule has 0 N–H and O–H groups in total. The predicted octanol–water partition coefficient (Wildman–Crippen LogP) is 3.59. The summed E-state index contributed by atoms with van der Waals surface area (Å²) < 4.78 is 11.1. The summed E-state index contributed by atoms with van der Waals surface area (Å²) in [5, 5.41) is 0. The van der Waals surface area contributed by atoms with Crippen molar-refractivity contribution in [3.8, 4) is 0 Å². The molecule has 0 aromatic heterocycles. The van der Waals surface area contributed by atoms with E-state index in [1.54, 1.807) is 0 Å². The van der Waals surface area contributed by atoms with Gasteiger partial charge in [-0.05, 0) is 32.6 Å². The van der Waals surface area contributed by atoms with E-state index in [0.717, 1.165) is 6.54 Å². The third-order valence-electron chi connectivity index (χ3n) is 7.08. The van der Waals surface area contributed by atoms with Crippen LogP contribution in [0.25, 0.3) is 0 Å². The van der Waals surface area contributed by atoms with E-state index in [4.69, 9.17) is 9.47 Å². The molecule has 5 heteroatoms. The summed E-state index contributed by atoms with van der Waals surface area (Å²) >= 11 is 0. The molecule has 0 aromatic rings. The molecular weight excluding hydrogens is 330 g/mol. The number of hydrogen-bond donors (Lipinski definition) is 0. The summed E-state index contributed by atoms with van der Waals surface area (Å²) in [6.07, 6.45) is 13.6. The highest BCUT2D eigenvalue weighted by Gasteiger charge is 2.60. The highest BCUT2D eigenvalue weighted by molar-refractivity contribution is 6.02. The van der Waals surface area contributed by atoms with Gasteiger partial charge >= 0.3 is 11.9 Å². The molecule has 2 heterocycles. The van der Waals surface area contributed by atoms with E-state index in [9.17, 15) is 9.59 Å². The smallest absolute Gasteiger partial charge is 0.324 e. The van der Waals surface area contributed by atoms with Gasteiger partial charge in [-0.25, -0.2) is 0 Å². The second-order valence-electron chi connectivity index (χ2n) is 9.01. The van der Waals surface area contributed by atoms with E-state index >= 15 is 0 Å². The van der Waals surface area contributed by atoms with Crippen molar-refractivity contribution >= 4 is 11.9 Å². The highest BCUT2D eigenvalue weighted by Crippen LogP contribution is 2.45. The number of cyclic esters (lactones) is 2. The largest absolute Gasteiger partial charge is 0.462 e. The van der Waals surface area contributed by atoms with Crippen molar-refractivity contribution in [1.82, 2.24) is 4.90 Å². The highest BCUT2D eigenvalue weighted by atomic mass is 16.6. The second kappa shape index (κ2) is 7.49. The molecule has 146 valence electrons. The Balaban J connectivity index is 1.47. The number of hydrogen-bond acceptors (Lipinski definition) is 5. The molecule has 2 aliphatic heterocycles. The number of esters is 2. The van der Waals surface area contributed by atoms with Crippen molar-refractivity contribution in [3.05, 3.63) is 0 Å². The Labute approximate surface area is 156 Å². The maximum Gasteiger partial charge on any atom is 0.324 e. The van der Waals surface area contributed by atoms with Crippen LogP contribution in [0.3, 0.4) is 0 Å². The molecule has 2 saturated heterocycles. The van der Waals surface area contributed by atoms with Gasteiger partial charge in [-0.2, -0.15) is 0 Å². The van der Waals surface area contributed by atoms with Gasteiger partial charge in [0, 0.05) is 31.5 Å². The van der Waals surface area contributed by atoms with E-state index in [1.807, 2.05) is 6.92 Å². The fourth-order valence-electron chi connectivity index (χ4n) is 5.78. The zero-order valence-corrected chi connectivity index (χ0v) is 16.1. The minimum Gasteiger partial charge on any atom is -0.462 e. The van der Waals surface area contributed by atoms with E-state index in [0.29, 0.717) is 24.9 Å². The van der Waals surface area contributed by atoms with Gasteiger partial charge < -0.3 is 9.47 Å². The standard InChI is InChI=1S/C21H33NO4/c1-15-12-21(19(23)25-15)13-18(26-20(21)24)14-22(16-8-4-2-5-9-16)17-10-6-3-7-11-17/h15-18H,2-14H2,1H3/t15-,18-,21+/m1/s1. The van der Waals surface area contributed by atoms with Gasteiger partial charge in [0.05, 0.1) is 0 Å². The molecule has 1 spiro atoms. The molecular formula is C21H33NO4. The van der Waals surface area contributed by atoms with Gasteiger partial charge in [-0.3, -0.25) is 14.5 Å². The molecule has 0 bridgehead atoms. The van der Waals surface area contributed by atoms with Gasteiger partial charge in [0.25, 0.3) is 0 Å². The summed E-state index contributed by atoms with van der Waals surface area (Å²) in [5.74, 6) is -0.705. The van der Waals surface area contributed by atoms with E-state index in [2.05, 4.69) is 4.90 Å². The minimum absolute atomic E-state index is 0.163. The first-order chi connectivity index (χ1) is 12.6. The average molecular weight is 363 g/mol. The fourth-order valence-corrected chi connectivity index (χ4v) is 5.78. The summed E-state index contributed by atoms with van der Waals surface area (Å²) in [7, 11) is 0. The minimum atomic E-state index is -1.02. The lowest BCUT2D eigenvalue weighted by Crippen LogP contribution is -2.48. The van der Waals surface area contributed by atoms with Crippen LogP contribution in [-0.4, -0.2) is 47.7 Å². The van der Waals surface area contributed by atoms with E-state index < -0.39 is 5.41 Å². The molecule has 26 heavy (non-hydrogen) atoms. The molecule has 0 unspecified atom stereocenters. The maximum absolute atomic E-state index is 12.6. The molecule has 3 atom stereocenters. The van der Waals surface area contributed by atoms with Crippen LogP contribution in [-0.2, 0) is 19.1 Å². The second-order valence-corrected chi connectivity index (χ2v) is 9.01. The Kier molecular flexibility index (Phi) is 5.27. The van der Waals surface area contributed by atoms with Gasteiger partial charge in [-0.1, -0.05) is 38.5 Å². The van der Waals surface area contributed by atoms with Crippen molar-refractivity contribution in [1.29, 1.82) is 0 Å². The monoisotopic (exact) mass is 363 g/mol. The normalized spacial score (nSPS) is 36.7. The number of carbonyl (C=O) groups excluding carboxylic acids is 2. The van der Waals surface area contributed by atoms with Crippen LogP contribution >= 0.6 is 0 Å². The number of nitrogens with zero attached hydrogens (tertiary/aromatic N) is 1. The third kappa shape index (κ3) is 3.39. The van der Waals surface area contributed by atoms with Crippen LogP contribution in [0.5, 0.6) is 0 Å². The van der Waals surface area contributed by atoms with Crippen LogP contribution in [0.15, 0.2) is 0 Å². The lowest BCUT2D eigenvalue weighted by molar-refractivity contribution is -0.158. The first-order valence-electron chi connectivity index (χ1n) is 10.8. The average Bonchev–Trinajstić information content (AvgIpc) is 3.12. The Bertz CT molecular complexity index is 520. The molecule has 2 aliphatic carbocycles. The molecule has 4 fully saturated rings. The number of ether oxygens (including phenoxy) is 2. The maximum atomic E-state index is 12.6. The number of carbonyl (C=O) groups is 2. The summed E-state index contributed by atoms with van der Waals surface area (Å²) in [6.45, 7) is 2.66. The summed E-state index contributed by atoms with van der Waals surface area (Å²) in [5.41, 5.74) is -1.02. The predicted molar refractivity (Wildman–Crippen MR) is 97.6 cm³/mol. The summed E-state index contributed by atoms with van der Waals surface area (Å²) in [4.78, 5) is 27.5. The van der Waals surface area contributed by atoms with Crippen molar-refractivity contribution in [2.75, 3.05) is 6.54 Å². The molecule has 2 saturated carbocycles. The SMILES string of the molecule is C[C@@H]1C[C@]2(C[C@H](CN(C3CCCCC3)C3CCCCC3)OC2=O)C(=O)O1. The van der Waals surface area contributed by atoms with Crippen molar-refractivity contribution in [3.63, 3.8) is 0 Å². The Hall–Kier alpha value is -1.10. The van der Waals surface area contributed by atoms with Crippen LogP contribution in [0.4, 0.5) is 0 Å². The van der Waals surface area contributed by atoms with Gasteiger partial charge in [-0.15, -0.1) is 0 Å². The van der Waals surface area contributed by atoms with Gasteiger partial charge in [0.15, 0.2) is 5.41 Å². The van der Waals surface area contributed by atoms with Crippen molar-refractivity contribution in [2.24, 2.45) is 5.41 Å². The molecule has 0 amide bonds. The lowest BCUT2D eigenvalue weighted by Gasteiger charge is -2.42. The molecule has 0 aromatic carbocycles. The zero-order valence-electron chi connectivity index (χ0n) is 16.1. The Morgan fingerprint density at radius 3 is 1.88 bits per heavy atom. The van der Waals surface area contributed by atoms with Crippen molar-refractivity contribution in [2.45, 2.75) is 108 Å². The first-order valence-corrected chi connectivity index (χ1v) is 10.8. The van der Waals surface area contributed by atoms with Gasteiger partial charge in [0.1, 0.15) is 12.2 Å². The molecule has 4 rings (SSSR count). The number of rotatable bonds is 4. The van der Waals surface area contributed by atoms with Crippen molar-refractivity contribution < 1.29 is 19.1 Å². The Morgan fingerprint density at radius 2 is 1.38 bits per heavy atom. The van der Waals surface area contributed by atoms with E-state index in [1.165, 1.54) is 64.2 Å². The fraction of sp³-hybridized carbons (Fsp3) is 0.905. The quantitative estimate of drug-likeness (QED) is 0.564. The summed E-state index contributed by atoms with van der Waals surface area (Å²) in [6, 6.07) is 1.24. The Morgan fingerprint density at radius 1 is 0.846 bits per heavy atom. The van der Waals surface area contributed by atoms with E-state index in [-0.39, 0.29) is 24.1 Å². The van der Waals surface area contributed by atoms with Gasteiger partial charge in [0.2, 0.25) is 0 Å². The molecule has 0 radical (unpaired) electrons. The van der Waals surface area contributed by atoms with Crippen LogP contribution < -0.4 is 0 Å². The van der Waals surface area contributed by atoms with Crippen LogP contribution in [0.1, 0.15) is 84.0 Å². The van der Waals surface area contributed by atoms with Crippen LogP contribution in [0.2, 0.25) is 0 Å². The first kappa shape index (κ1) is 18.3. The molecule has 5 nitrogen and oxygen atoms in total. The van der Waals surface area contributed by atoms with Crippen LogP contribution in [0, 0.1) is 5.41 Å². The zero-order chi connectivity index (χ0) is 18.1. The topological polar surface area (TPSA) is 55.8 Å². The third-order valence-corrected chi connectivity index (χ3v) is 7.08. The lowest BCUT2D eigenvalue weighted by atomic mass is 9.81. The molecule has 4 aliphatic rings.